The van der Waals surface area contributed by atoms with E-state index in [0.717, 1.165) is 28.5 Å². The van der Waals surface area contributed by atoms with E-state index in [1.54, 1.807) is 18.2 Å². The number of rotatable bonds is 6. The highest BCUT2D eigenvalue weighted by Crippen LogP contribution is 2.24. The van der Waals surface area contributed by atoms with Crippen LogP contribution >= 0.6 is 0 Å². The van der Waals surface area contributed by atoms with Crippen LogP contribution in [0.1, 0.15) is 49.9 Å². The number of nitrogens with one attached hydrogen (secondary N) is 1. The van der Waals surface area contributed by atoms with Crippen molar-refractivity contribution in [2.45, 2.75) is 34.3 Å². The fraction of sp³-hybridized carbons (Fsp3) is 0.300. The third-order valence-corrected chi connectivity index (χ3v) is 4.84. The van der Waals surface area contributed by atoms with E-state index in [9.17, 15) is 18.0 Å². The van der Waals surface area contributed by atoms with Gasteiger partial charge in [0, 0.05) is 11.3 Å². The molecule has 144 valence electrons. The van der Waals surface area contributed by atoms with Crippen molar-refractivity contribution < 1.29 is 22.7 Å². The van der Waals surface area contributed by atoms with Crippen molar-refractivity contribution in [1.82, 2.24) is 0 Å². The van der Waals surface area contributed by atoms with Crippen molar-refractivity contribution in [2.75, 3.05) is 11.0 Å². The zero-order chi connectivity index (χ0) is 20.4. The summed E-state index contributed by atoms with van der Waals surface area (Å²) in [6, 6.07) is 7.99. The van der Waals surface area contributed by atoms with Gasteiger partial charge in [-0.1, -0.05) is 12.1 Å². The molecule has 0 radical (unpaired) electrons. The van der Waals surface area contributed by atoms with Crippen LogP contribution in [0.2, 0.25) is 0 Å². The lowest BCUT2D eigenvalue weighted by molar-refractivity contribution is 0.0471. The van der Waals surface area contributed by atoms with Crippen LogP contribution in [0.5, 0.6) is 0 Å². The first-order chi connectivity index (χ1) is 12.5. The SMILES string of the molecule is CC(=O)c1c(C)cc(C)c(COC(=O)c2cccc(NS(C)(=O)=O)c2)c1C. The fourth-order valence-electron chi connectivity index (χ4n) is 3.14. The van der Waals surface area contributed by atoms with Gasteiger partial charge >= 0.3 is 5.97 Å². The third kappa shape index (κ3) is 5.17. The van der Waals surface area contributed by atoms with E-state index in [-0.39, 0.29) is 23.6 Å². The Morgan fingerprint density at radius 2 is 1.74 bits per heavy atom. The molecule has 0 amide bonds. The standard InChI is InChI=1S/C20H23NO5S/c1-12-9-13(2)19(15(4)22)14(3)18(12)11-26-20(23)16-7-6-8-17(10-16)21-27(5,24)25/h6-10,21H,11H2,1-5H3. The summed E-state index contributed by atoms with van der Waals surface area (Å²) in [5.74, 6) is -0.604. The number of sulfonamides is 1. The van der Waals surface area contributed by atoms with E-state index < -0.39 is 16.0 Å². The third-order valence-electron chi connectivity index (χ3n) is 4.23. The van der Waals surface area contributed by atoms with E-state index in [0.29, 0.717) is 5.56 Å². The van der Waals surface area contributed by atoms with E-state index in [4.69, 9.17) is 4.74 Å². The van der Waals surface area contributed by atoms with Crippen LogP contribution in [0.25, 0.3) is 0 Å². The molecule has 0 heterocycles. The Balaban J connectivity index is 2.23. The molecule has 0 aliphatic rings. The monoisotopic (exact) mass is 389 g/mol. The molecule has 0 aliphatic heterocycles. The Bertz CT molecular complexity index is 1010. The molecule has 6 nitrogen and oxygen atoms in total. The number of Topliss-reactive ketones (excluding diaryl/α,β-unsaturated/α-hetero) is 1. The first kappa shape index (κ1) is 20.6. The molecule has 1 N–H and O–H groups in total. The summed E-state index contributed by atoms with van der Waals surface area (Å²) in [7, 11) is -3.44. The summed E-state index contributed by atoms with van der Waals surface area (Å²) in [6.07, 6.45) is 1.04. The molecule has 2 aromatic carbocycles. The van der Waals surface area contributed by atoms with Crippen molar-refractivity contribution in [3.63, 3.8) is 0 Å². The molecule has 0 saturated carbocycles. The van der Waals surface area contributed by atoms with Crippen LogP contribution in [-0.2, 0) is 21.4 Å². The number of esters is 1. The molecule has 0 saturated heterocycles. The number of anilines is 1. The highest BCUT2D eigenvalue weighted by molar-refractivity contribution is 7.92. The number of ketones is 1. The van der Waals surface area contributed by atoms with Crippen LogP contribution in [0.4, 0.5) is 5.69 Å². The quantitative estimate of drug-likeness (QED) is 0.603. The second-order valence-corrected chi connectivity index (χ2v) is 8.32. The van der Waals surface area contributed by atoms with Crippen molar-refractivity contribution in [3.05, 3.63) is 63.7 Å². The highest BCUT2D eigenvalue weighted by Gasteiger charge is 2.16. The van der Waals surface area contributed by atoms with Crippen LogP contribution in [0.3, 0.4) is 0 Å². The largest absolute Gasteiger partial charge is 0.457 e. The molecular weight excluding hydrogens is 366 g/mol. The van der Waals surface area contributed by atoms with Gasteiger partial charge in [-0.2, -0.15) is 0 Å². The molecule has 0 bridgehead atoms. The number of carbonyl (C=O) groups excluding carboxylic acids is 2. The molecule has 0 aliphatic carbocycles. The number of hydrogen-bond donors (Lipinski definition) is 1. The minimum atomic E-state index is -3.44. The van der Waals surface area contributed by atoms with Gasteiger partial charge in [-0.3, -0.25) is 9.52 Å². The van der Waals surface area contributed by atoms with Crippen LogP contribution < -0.4 is 4.72 Å². The van der Waals surface area contributed by atoms with Gasteiger partial charge in [-0.25, -0.2) is 13.2 Å². The van der Waals surface area contributed by atoms with Gasteiger partial charge in [0.15, 0.2) is 5.78 Å². The Morgan fingerprint density at radius 1 is 1.07 bits per heavy atom. The van der Waals surface area contributed by atoms with Crippen molar-refractivity contribution in [2.24, 2.45) is 0 Å². The Hall–Kier alpha value is -2.67. The lowest BCUT2D eigenvalue weighted by atomic mass is 9.92. The van der Waals surface area contributed by atoms with Gasteiger partial charge < -0.3 is 4.74 Å². The summed E-state index contributed by atoms with van der Waals surface area (Å²) in [5, 5.41) is 0. The average Bonchev–Trinajstić information content (AvgIpc) is 2.52. The molecular formula is C20H23NO5S. The highest BCUT2D eigenvalue weighted by atomic mass is 32.2. The summed E-state index contributed by atoms with van der Waals surface area (Å²) in [6.45, 7) is 7.18. The van der Waals surface area contributed by atoms with Crippen molar-refractivity contribution in [1.29, 1.82) is 0 Å². The number of hydrogen-bond acceptors (Lipinski definition) is 5. The normalized spacial score (nSPS) is 11.1. The molecule has 27 heavy (non-hydrogen) atoms. The second kappa shape index (κ2) is 7.92. The minimum absolute atomic E-state index is 0.0286. The first-order valence-corrected chi connectivity index (χ1v) is 10.2. The zero-order valence-electron chi connectivity index (χ0n) is 16.0. The molecule has 0 spiro atoms. The lowest BCUT2D eigenvalue weighted by Gasteiger charge is -2.16. The molecule has 0 fully saturated rings. The molecule has 0 unspecified atom stereocenters. The summed E-state index contributed by atoms with van der Waals surface area (Å²) < 4.78 is 30.4. The topological polar surface area (TPSA) is 89.5 Å². The predicted octanol–water partition coefficient (Wildman–Crippen LogP) is 3.54. The predicted molar refractivity (Wildman–Crippen MR) is 105 cm³/mol. The number of carbonyl (C=O) groups is 2. The average molecular weight is 389 g/mol. The smallest absolute Gasteiger partial charge is 0.338 e. The van der Waals surface area contributed by atoms with Crippen molar-refractivity contribution in [3.8, 4) is 0 Å². The number of ether oxygens (including phenoxy) is 1. The van der Waals surface area contributed by atoms with E-state index in [1.165, 1.54) is 13.0 Å². The first-order valence-electron chi connectivity index (χ1n) is 8.35. The molecule has 0 atom stereocenters. The molecule has 0 aromatic heterocycles. The molecule has 7 heteroatoms. The summed E-state index contributed by atoms with van der Waals surface area (Å²) >= 11 is 0. The van der Waals surface area contributed by atoms with Gasteiger partial charge in [0.2, 0.25) is 10.0 Å². The zero-order valence-corrected chi connectivity index (χ0v) is 16.9. The van der Waals surface area contributed by atoms with Crippen molar-refractivity contribution >= 4 is 27.5 Å². The fourth-order valence-corrected chi connectivity index (χ4v) is 3.69. The van der Waals surface area contributed by atoms with Crippen LogP contribution in [0.15, 0.2) is 30.3 Å². The van der Waals surface area contributed by atoms with E-state index in [1.807, 2.05) is 26.8 Å². The molecule has 2 rings (SSSR count). The maximum absolute atomic E-state index is 12.4. The van der Waals surface area contributed by atoms with Crippen LogP contribution in [0, 0.1) is 20.8 Å². The van der Waals surface area contributed by atoms with E-state index in [2.05, 4.69) is 4.72 Å². The Labute approximate surface area is 159 Å². The minimum Gasteiger partial charge on any atom is -0.457 e. The number of aryl methyl sites for hydroxylation is 2. The number of benzene rings is 2. The van der Waals surface area contributed by atoms with Gasteiger partial charge in [-0.05, 0) is 68.1 Å². The lowest BCUT2D eigenvalue weighted by Crippen LogP contribution is -2.12. The maximum atomic E-state index is 12.4. The van der Waals surface area contributed by atoms with Gasteiger partial charge in [0.05, 0.1) is 11.8 Å². The second-order valence-electron chi connectivity index (χ2n) is 6.58. The summed E-state index contributed by atoms with van der Waals surface area (Å²) in [4.78, 5) is 24.3. The Morgan fingerprint density at radius 3 is 2.33 bits per heavy atom. The van der Waals surface area contributed by atoms with E-state index >= 15 is 0 Å². The molecule has 2 aromatic rings. The summed E-state index contributed by atoms with van der Waals surface area (Å²) in [5.41, 5.74) is 4.60. The van der Waals surface area contributed by atoms with Gasteiger partial charge in [0.1, 0.15) is 6.61 Å². The maximum Gasteiger partial charge on any atom is 0.338 e. The van der Waals surface area contributed by atoms with Gasteiger partial charge in [-0.15, -0.1) is 0 Å². The van der Waals surface area contributed by atoms with Gasteiger partial charge in [0.25, 0.3) is 0 Å². The Kier molecular flexibility index (Phi) is 6.05. The van der Waals surface area contributed by atoms with Crippen LogP contribution in [-0.4, -0.2) is 26.4 Å².